The number of hydrogen-bond donors (Lipinski definition) is 2. The molecule has 2 N–H and O–H groups in total. The third-order valence-corrected chi connectivity index (χ3v) is 4.62. The lowest BCUT2D eigenvalue weighted by molar-refractivity contribution is 0.451. The lowest BCUT2D eigenvalue weighted by atomic mass is 10.0. The van der Waals surface area contributed by atoms with Crippen molar-refractivity contribution in [3.63, 3.8) is 0 Å². The lowest BCUT2D eigenvalue weighted by Crippen LogP contribution is -2.47. The molecule has 0 aliphatic carbocycles. The van der Waals surface area contributed by atoms with Gasteiger partial charge in [0.2, 0.25) is 0 Å². The van der Waals surface area contributed by atoms with Gasteiger partial charge < -0.3 is 9.88 Å². The fourth-order valence-corrected chi connectivity index (χ4v) is 3.41. The molecule has 1 aromatic rings. The van der Waals surface area contributed by atoms with Gasteiger partial charge in [0, 0.05) is 25.3 Å². The molecular formula is C10H18N4O2S. The minimum Gasteiger partial charge on any atom is -0.337 e. The van der Waals surface area contributed by atoms with Crippen molar-refractivity contribution >= 4 is 10.0 Å². The Morgan fingerprint density at radius 3 is 2.76 bits per heavy atom. The van der Waals surface area contributed by atoms with E-state index in [1.54, 1.807) is 18.5 Å². The molecule has 1 aromatic heterocycles. The van der Waals surface area contributed by atoms with E-state index in [2.05, 4.69) is 15.0 Å². The molecule has 6 nitrogen and oxygen atoms in total. The van der Waals surface area contributed by atoms with Gasteiger partial charge in [0.15, 0.2) is 5.03 Å². The zero-order chi connectivity index (χ0) is 12.7. The maximum atomic E-state index is 12.1. The molecule has 1 fully saturated rings. The van der Waals surface area contributed by atoms with Gasteiger partial charge in [-0.2, -0.15) is 0 Å². The Hall–Kier alpha value is -0.920. The smallest absolute Gasteiger partial charge is 0.260 e. The largest absolute Gasteiger partial charge is 0.337 e. The van der Waals surface area contributed by atoms with Crippen LogP contribution in [-0.4, -0.2) is 36.6 Å². The molecule has 1 atom stereocenters. The first-order valence-corrected chi connectivity index (χ1v) is 7.05. The summed E-state index contributed by atoms with van der Waals surface area (Å²) in [6, 6.07) is 0. The monoisotopic (exact) mass is 258 g/mol. The summed E-state index contributed by atoms with van der Waals surface area (Å²) in [5.41, 5.74) is -0.412. The summed E-state index contributed by atoms with van der Waals surface area (Å²) in [4.78, 5) is 4.05. The summed E-state index contributed by atoms with van der Waals surface area (Å²) in [6.45, 7) is 5.16. The number of hydrogen-bond acceptors (Lipinski definition) is 4. The number of aromatic nitrogens is 2. The molecule has 0 aromatic carbocycles. The van der Waals surface area contributed by atoms with Crippen molar-refractivity contribution in [3.05, 3.63) is 12.0 Å². The highest BCUT2D eigenvalue weighted by Gasteiger charge is 2.34. The molecule has 96 valence electrons. The van der Waals surface area contributed by atoms with Gasteiger partial charge in [-0.05, 0) is 26.8 Å². The van der Waals surface area contributed by atoms with Crippen molar-refractivity contribution in [3.8, 4) is 0 Å². The highest BCUT2D eigenvalue weighted by molar-refractivity contribution is 7.89. The van der Waals surface area contributed by atoms with E-state index < -0.39 is 15.6 Å². The second kappa shape index (κ2) is 4.08. The standard InChI is InChI=1S/C10H18N4O2S/c1-8-12-9(6-14(8)3)17(15,16)13-10(2)4-5-11-7-10/h6,11,13H,4-5,7H2,1-3H3. The zero-order valence-electron chi connectivity index (χ0n) is 10.3. The van der Waals surface area contributed by atoms with Gasteiger partial charge in [0.25, 0.3) is 10.0 Å². The first kappa shape index (κ1) is 12.5. The molecule has 1 aliphatic rings. The molecule has 7 heteroatoms. The third kappa shape index (κ3) is 2.51. The highest BCUT2D eigenvalue weighted by Crippen LogP contribution is 2.17. The summed E-state index contributed by atoms with van der Waals surface area (Å²) >= 11 is 0. The number of nitrogens with zero attached hydrogens (tertiary/aromatic N) is 2. The predicted molar refractivity (Wildman–Crippen MR) is 64.2 cm³/mol. The second-order valence-electron chi connectivity index (χ2n) is 4.83. The van der Waals surface area contributed by atoms with E-state index in [-0.39, 0.29) is 5.03 Å². The summed E-state index contributed by atoms with van der Waals surface area (Å²) in [5, 5.41) is 3.24. The van der Waals surface area contributed by atoms with Crippen LogP contribution in [0.4, 0.5) is 0 Å². The fourth-order valence-electron chi connectivity index (χ4n) is 1.94. The maximum Gasteiger partial charge on any atom is 0.260 e. The topological polar surface area (TPSA) is 76.0 Å². The third-order valence-electron chi connectivity index (χ3n) is 3.11. The molecule has 0 amide bonds. The fraction of sp³-hybridized carbons (Fsp3) is 0.700. The number of sulfonamides is 1. The molecule has 2 heterocycles. The van der Waals surface area contributed by atoms with Crippen molar-refractivity contribution in [1.29, 1.82) is 0 Å². The summed E-state index contributed by atoms with van der Waals surface area (Å²) in [7, 11) is -1.75. The second-order valence-corrected chi connectivity index (χ2v) is 6.46. The number of rotatable bonds is 3. The average Bonchev–Trinajstić information content (AvgIpc) is 2.74. The molecule has 0 saturated carbocycles. The van der Waals surface area contributed by atoms with Gasteiger partial charge in [-0.3, -0.25) is 0 Å². The Balaban J connectivity index is 2.24. The Kier molecular flexibility index (Phi) is 3.01. The van der Waals surface area contributed by atoms with E-state index in [9.17, 15) is 8.42 Å². The minimum absolute atomic E-state index is 0.0885. The van der Waals surface area contributed by atoms with E-state index in [1.165, 1.54) is 6.20 Å². The first-order valence-electron chi connectivity index (χ1n) is 5.57. The summed E-state index contributed by atoms with van der Waals surface area (Å²) in [6.07, 6.45) is 2.32. The molecule has 1 unspecified atom stereocenters. The summed E-state index contributed by atoms with van der Waals surface area (Å²) < 4.78 is 28.7. The van der Waals surface area contributed by atoms with Crippen LogP contribution in [0.15, 0.2) is 11.2 Å². The normalized spacial score (nSPS) is 25.4. The van der Waals surface area contributed by atoms with Crippen molar-refractivity contribution in [2.24, 2.45) is 7.05 Å². The average molecular weight is 258 g/mol. The highest BCUT2D eigenvalue weighted by atomic mass is 32.2. The quantitative estimate of drug-likeness (QED) is 0.784. The van der Waals surface area contributed by atoms with Crippen molar-refractivity contribution in [2.75, 3.05) is 13.1 Å². The van der Waals surface area contributed by atoms with Crippen LogP contribution in [0, 0.1) is 6.92 Å². The van der Waals surface area contributed by atoms with Crippen LogP contribution in [0.2, 0.25) is 0 Å². The van der Waals surface area contributed by atoms with Crippen molar-refractivity contribution in [1.82, 2.24) is 19.6 Å². The molecule has 1 aliphatic heterocycles. The molecular weight excluding hydrogens is 240 g/mol. The van der Waals surface area contributed by atoms with Crippen LogP contribution in [0.5, 0.6) is 0 Å². The van der Waals surface area contributed by atoms with E-state index in [0.29, 0.717) is 12.4 Å². The number of aryl methyl sites for hydroxylation is 2. The Labute approximate surface area is 101 Å². The first-order chi connectivity index (χ1) is 7.82. The van der Waals surface area contributed by atoms with Gasteiger partial charge in [-0.15, -0.1) is 0 Å². The lowest BCUT2D eigenvalue weighted by Gasteiger charge is -2.23. The van der Waals surface area contributed by atoms with E-state index in [4.69, 9.17) is 0 Å². The molecule has 2 rings (SSSR count). The van der Waals surface area contributed by atoms with Gasteiger partial charge in [0.1, 0.15) is 5.82 Å². The van der Waals surface area contributed by atoms with Crippen LogP contribution >= 0.6 is 0 Å². The van der Waals surface area contributed by atoms with Gasteiger partial charge >= 0.3 is 0 Å². The molecule has 1 saturated heterocycles. The number of nitrogens with one attached hydrogen (secondary N) is 2. The van der Waals surface area contributed by atoms with Gasteiger partial charge in [0.05, 0.1) is 0 Å². The van der Waals surface area contributed by atoms with Crippen LogP contribution in [0.25, 0.3) is 0 Å². The Morgan fingerprint density at radius 1 is 1.59 bits per heavy atom. The van der Waals surface area contributed by atoms with Crippen LogP contribution in [0.3, 0.4) is 0 Å². The van der Waals surface area contributed by atoms with Gasteiger partial charge in [-0.25, -0.2) is 18.1 Å². The van der Waals surface area contributed by atoms with E-state index in [0.717, 1.165) is 13.0 Å². The van der Waals surface area contributed by atoms with E-state index in [1.807, 2.05) is 6.92 Å². The Morgan fingerprint density at radius 2 is 2.29 bits per heavy atom. The summed E-state index contributed by atoms with van der Waals surface area (Å²) in [5.74, 6) is 0.681. The van der Waals surface area contributed by atoms with E-state index >= 15 is 0 Å². The predicted octanol–water partition coefficient (Wildman–Crippen LogP) is -0.241. The maximum absolute atomic E-state index is 12.1. The molecule has 0 bridgehead atoms. The zero-order valence-corrected chi connectivity index (χ0v) is 11.1. The molecule has 0 spiro atoms. The Bertz CT molecular complexity index is 495. The van der Waals surface area contributed by atoms with Crippen LogP contribution < -0.4 is 10.0 Å². The van der Waals surface area contributed by atoms with Gasteiger partial charge in [-0.1, -0.05) is 0 Å². The van der Waals surface area contributed by atoms with Crippen molar-refractivity contribution < 1.29 is 8.42 Å². The van der Waals surface area contributed by atoms with Crippen LogP contribution in [0.1, 0.15) is 19.2 Å². The van der Waals surface area contributed by atoms with Crippen molar-refractivity contribution in [2.45, 2.75) is 30.8 Å². The molecule has 17 heavy (non-hydrogen) atoms. The van der Waals surface area contributed by atoms with Crippen LogP contribution in [-0.2, 0) is 17.1 Å². The SMILES string of the molecule is Cc1nc(S(=O)(=O)NC2(C)CCNC2)cn1C. The molecule has 0 radical (unpaired) electrons. The number of imidazole rings is 1. The minimum atomic E-state index is -3.53.